The van der Waals surface area contributed by atoms with Crippen LogP contribution in [-0.2, 0) is 6.42 Å². The van der Waals surface area contributed by atoms with Gasteiger partial charge in [-0.05, 0) is 37.6 Å². The highest BCUT2D eigenvalue weighted by atomic mass is 35.5. The van der Waals surface area contributed by atoms with Crippen molar-refractivity contribution in [2.24, 2.45) is 4.99 Å². The standard InChI is InChI=1S/C24H20ClN5OS/c1-3-16-13-18-20(17-11-7-8-12-19(17)25)26-21(27-23(31)15-9-5-4-6-10-15)22-29-28-14(2)30(22)24(18)32-16/h4-13,21H,3H2,1-2H3,(H,27,31). The fourth-order valence-electron chi connectivity index (χ4n) is 3.77. The number of aromatic nitrogens is 3. The first-order valence-electron chi connectivity index (χ1n) is 10.3. The second-order valence-electron chi connectivity index (χ2n) is 7.43. The minimum Gasteiger partial charge on any atom is -0.324 e. The summed E-state index contributed by atoms with van der Waals surface area (Å²) in [6, 6.07) is 18.8. The number of nitrogens with zero attached hydrogens (tertiary/aromatic N) is 4. The summed E-state index contributed by atoms with van der Waals surface area (Å²) in [5.41, 5.74) is 3.05. The van der Waals surface area contributed by atoms with Crippen LogP contribution in [-0.4, -0.2) is 26.4 Å². The molecule has 0 fully saturated rings. The quantitative estimate of drug-likeness (QED) is 0.457. The number of carbonyl (C=O) groups excluding carboxylic acids is 1. The molecule has 32 heavy (non-hydrogen) atoms. The van der Waals surface area contributed by atoms with E-state index in [0.717, 1.165) is 34.1 Å². The maximum absolute atomic E-state index is 13.0. The Labute approximate surface area is 194 Å². The second-order valence-corrected chi connectivity index (χ2v) is 8.95. The van der Waals surface area contributed by atoms with E-state index in [-0.39, 0.29) is 5.91 Å². The first kappa shape index (κ1) is 20.6. The molecule has 0 saturated heterocycles. The highest BCUT2D eigenvalue weighted by Crippen LogP contribution is 2.36. The molecule has 0 radical (unpaired) electrons. The van der Waals surface area contributed by atoms with Gasteiger partial charge in [0.15, 0.2) is 12.0 Å². The Balaban J connectivity index is 1.71. The van der Waals surface area contributed by atoms with Gasteiger partial charge < -0.3 is 5.32 Å². The van der Waals surface area contributed by atoms with Gasteiger partial charge in [-0.2, -0.15) is 0 Å². The Bertz CT molecular complexity index is 1340. The van der Waals surface area contributed by atoms with Crippen molar-refractivity contribution >= 4 is 34.6 Å². The summed E-state index contributed by atoms with van der Waals surface area (Å²) in [6.07, 6.45) is 0.179. The number of nitrogens with one attached hydrogen (secondary N) is 1. The predicted octanol–water partition coefficient (Wildman–Crippen LogP) is 5.13. The monoisotopic (exact) mass is 461 g/mol. The average Bonchev–Trinajstić information content (AvgIpc) is 3.38. The zero-order valence-electron chi connectivity index (χ0n) is 17.5. The Kier molecular flexibility index (Phi) is 5.36. The van der Waals surface area contributed by atoms with E-state index >= 15 is 0 Å². The Morgan fingerprint density at radius 1 is 1.09 bits per heavy atom. The third-order valence-corrected chi connectivity index (χ3v) is 6.95. The van der Waals surface area contributed by atoms with Crippen molar-refractivity contribution in [2.75, 3.05) is 0 Å². The third-order valence-electron chi connectivity index (χ3n) is 5.36. The summed E-state index contributed by atoms with van der Waals surface area (Å²) < 4.78 is 1.99. The van der Waals surface area contributed by atoms with Gasteiger partial charge in [0.05, 0.1) is 5.71 Å². The number of amides is 1. The summed E-state index contributed by atoms with van der Waals surface area (Å²) >= 11 is 8.26. The molecule has 6 nitrogen and oxygen atoms in total. The molecular formula is C24H20ClN5OS. The van der Waals surface area contributed by atoms with Crippen molar-refractivity contribution in [2.45, 2.75) is 26.4 Å². The van der Waals surface area contributed by atoms with Crippen LogP contribution in [0.5, 0.6) is 0 Å². The zero-order chi connectivity index (χ0) is 22.2. The van der Waals surface area contributed by atoms with E-state index in [1.165, 1.54) is 4.88 Å². The Morgan fingerprint density at radius 2 is 1.84 bits per heavy atom. The maximum Gasteiger partial charge on any atom is 0.253 e. The largest absolute Gasteiger partial charge is 0.324 e. The van der Waals surface area contributed by atoms with Crippen LogP contribution in [0.1, 0.15) is 51.1 Å². The van der Waals surface area contributed by atoms with Gasteiger partial charge >= 0.3 is 0 Å². The van der Waals surface area contributed by atoms with Crippen LogP contribution >= 0.6 is 22.9 Å². The molecule has 0 spiro atoms. The number of carbonyl (C=O) groups is 1. The summed E-state index contributed by atoms with van der Waals surface area (Å²) in [5.74, 6) is 1.07. The molecule has 0 aliphatic carbocycles. The normalized spacial score (nSPS) is 14.8. The third kappa shape index (κ3) is 3.53. The highest BCUT2D eigenvalue weighted by molar-refractivity contribution is 7.15. The Morgan fingerprint density at radius 3 is 2.59 bits per heavy atom. The number of thiophene rings is 1. The molecule has 1 aliphatic heterocycles. The lowest BCUT2D eigenvalue weighted by atomic mass is 10.0. The van der Waals surface area contributed by atoms with Crippen molar-refractivity contribution < 1.29 is 4.79 Å². The molecule has 5 rings (SSSR count). The number of benzene rings is 2. The number of hydrogen-bond donors (Lipinski definition) is 1. The van der Waals surface area contributed by atoms with Gasteiger partial charge in [0.2, 0.25) is 0 Å². The molecule has 3 heterocycles. The van der Waals surface area contributed by atoms with E-state index in [2.05, 4.69) is 28.5 Å². The lowest BCUT2D eigenvalue weighted by molar-refractivity contribution is 0.0936. The van der Waals surface area contributed by atoms with Crippen LogP contribution < -0.4 is 5.32 Å². The molecule has 4 aromatic rings. The molecule has 0 saturated carbocycles. The van der Waals surface area contributed by atoms with E-state index in [1.54, 1.807) is 23.5 Å². The van der Waals surface area contributed by atoms with E-state index in [0.29, 0.717) is 16.4 Å². The van der Waals surface area contributed by atoms with Crippen LogP contribution in [0.4, 0.5) is 0 Å². The van der Waals surface area contributed by atoms with Gasteiger partial charge in [-0.25, -0.2) is 0 Å². The van der Waals surface area contributed by atoms with Gasteiger partial charge in [-0.3, -0.25) is 14.4 Å². The van der Waals surface area contributed by atoms with Crippen molar-refractivity contribution in [1.82, 2.24) is 20.1 Å². The van der Waals surface area contributed by atoms with Crippen LogP contribution in [0, 0.1) is 6.92 Å². The number of halogens is 1. The first-order chi connectivity index (χ1) is 15.6. The van der Waals surface area contributed by atoms with Crippen molar-refractivity contribution in [3.05, 3.63) is 98.9 Å². The molecule has 1 unspecified atom stereocenters. The van der Waals surface area contributed by atoms with Crippen molar-refractivity contribution in [3.63, 3.8) is 0 Å². The van der Waals surface area contributed by atoms with Crippen LogP contribution in [0.15, 0.2) is 65.7 Å². The van der Waals surface area contributed by atoms with E-state index in [9.17, 15) is 4.79 Å². The lowest BCUT2D eigenvalue weighted by Crippen LogP contribution is -2.29. The van der Waals surface area contributed by atoms with Crippen LogP contribution in [0.3, 0.4) is 0 Å². The smallest absolute Gasteiger partial charge is 0.253 e. The average molecular weight is 462 g/mol. The minimum absolute atomic E-state index is 0.232. The van der Waals surface area contributed by atoms with Gasteiger partial charge in [0.1, 0.15) is 10.8 Å². The SMILES string of the molecule is CCc1cc2c(s1)-n1c(C)nnc1C(NC(=O)c1ccccc1)N=C2c1ccccc1Cl. The van der Waals surface area contributed by atoms with Gasteiger partial charge in [0, 0.05) is 26.6 Å². The highest BCUT2D eigenvalue weighted by Gasteiger charge is 2.31. The number of aliphatic imine (C=N–C) groups is 1. The van der Waals surface area contributed by atoms with Gasteiger partial charge in [-0.1, -0.05) is 54.9 Å². The zero-order valence-corrected chi connectivity index (χ0v) is 19.1. The van der Waals surface area contributed by atoms with Crippen LogP contribution in [0.25, 0.3) is 5.00 Å². The molecule has 2 aromatic carbocycles. The lowest BCUT2D eigenvalue weighted by Gasteiger charge is -2.15. The van der Waals surface area contributed by atoms with Gasteiger partial charge in [-0.15, -0.1) is 21.5 Å². The summed E-state index contributed by atoms with van der Waals surface area (Å²) in [6.45, 7) is 4.03. The van der Waals surface area contributed by atoms with Crippen molar-refractivity contribution in [1.29, 1.82) is 0 Å². The molecule has 0 bridgehead atoms. The number of hydrogen-bond acceptors (Lipinski definition) is 5. The second kappa shape index (κ2) is 8.33. The molecule has 1 N–H and O–H groups in total. The fourth-order valence-corrected chi connectivity index (χ4v) is 5.14. The predicted molar refractivity (Wildman–Crippen MR) is 127 cm³/mol. The van der Waals surface area contributed by atoms with E-state index in [4.69, 9.17) is 16.6 Å². The summed E-state index contributed by atoms with van der Waals surface area (Å²) in [5, 5.41) is 13.3. The molecule has 1 amide bonds. The number of aryl methyl sites for hydroxylation is 2. The molecule has 1 atom stereocenters. The molecule has 1 aliphatic rings. The van der Waals surface area contributed by atoms with E-state index in [1.807, 2.05) is 54.0 Å². The first-order valence-corrected chi connectivity index (χ1v) is 11.5. The molecule has 8 heteroatoms. The molecular weight excluding hydrogens is 442 g/mol. The summed E-state index contributed by atoms with van der Waals surface area (Å²) in [4.78, 5) is 19.2. The summed E-state index contributed by atoms with van der Waals surface area (Å²) in [7, 11) is 0. The molecule has 160 valence electrons. The number of rotatable bonds is 4. The van der Waals surface area contributed by atoms with Gasteiger partial charge in [0.25, 0.3) is 5.91 Å². The Hall–Kier alpha value is -3.29. The molecule has 2 aromatic heterocycles. The topological polar surface area (TPSA) is 72.2 Å². The van der Waals surface area contributed by atoms with Crippen molar-refractivity contribution in [3.8, 4) is 5.00 Å². The van der Waals surface area contributed by atoms with Crippen LogP contribution in [0.2, 0.25) is 5.02 Å². The maximum atomic E-state index is 13.0. The number of fused-ring (bicyclic) bond motifs is 3. The minimum atomic E-state index is -0.722. The fraction of sp³-hybridized carbons (Fsp3) is 0.167. The van der Waals surface area contributed by atoms with E-state index < -0.39 is 6.17 Å².